The zero-order valence-corrected chi connectivity index (χ0v) is 16.0. The third kappa shape index (κ3) is 5.69. The van der Waals surface area contributed by atoms with Gasteiger partial charge in [-0.15, -0.1) is 0 Å². The molecular weight excluding hydrogens is 330 g/mol. The van der Waals surface area contributed by atoms with Gasteiger partial charge in [0.1, 0.15) is 5.75 Å². The van der Waals surface area contributed by atoms with Gasteiger partial charge in [0, 0.05) is 6.54 Å². The highest BCUT2D eigenvalue weighted by Crippen LogP contribution is 2.29. The molecule has 1 N–H and O–H groups in total. The zero-order chi connectivity index (χ0) is 19.1. The van der Waals surface area contributed by atoms with Gasteiger partial charge in [-0.2, -0.15) is 0 Å². The average Bonchev–Trinajstić information content (AvgIpc) is 2.60. The minimum absolute atomic E-state index is 0.0640. The molecule has 0 heterocycles. The quantitative estimate of drug-likeness (QED) is 0.779. The van der Waals surface area contributed by atoms with Gasteiger partial charge < -0.3 is 19.5 Å². The number of amides is 1. The first-order valence-corrected chi connectivity index (χ1v) is 8.73. The summed E-state index contributed by atoms with van der Waals surface area (Å²) in [6, 6.07) is 13.3. The first-order valence-electron chi connectivity index (χ1n) is 8.73. The van der Waals surface area contributed by atoms with Gasteiger partial charge in [-0.05, 0) is 63.1 Å². The van der Waals surface area contributed by atoms with Crippen LogP contribution in [-0.4, -0.2) is 25.2 Å². The van der Waals surface area contributed by atoms with E-state index in [0.717, 1.165) is 11.1 Å². The Kier molecular flexibility index (Phi) is 6.89. The molecule has 0 aromatic heterocycles. The van der Waals surface area contributed by atoms with E-state index in [0.29, 0.717) is 23.8 Å². The van der Waals surface area contributed by atoms with E-state index >= 15 is 0 Å². The summed E-state index contributed by atoms with van der Waals surface area (Å²) in [7, 11) is 1.60. The Labute approximate surface area is 155 Å². The molecule has 2 rings (SSSR count). The first-order chi connectivity index (χ1) is 12.4. The molecule has 0 aliphatic heterocycles. The second kappa shape index (κ2) is 9.13. The summed E-state index contributed by atoms with van der Waals surface area (Å²) >= 11 is 0. The largest absolute Gasteiger partial charge is 0.493 e. The molecular formula is C21H27NO4. The number of rotatable bonds is 8. The fraction of sp³-hybridized carbons (Fsp3) is 0.381. The number of benzene rings is 2. The summed E-state index contributed by atoms with van der Waals surface area (Å²) in [4.78, 5) is 12.3. The number of hydrogen-bond donors (Lipinski definition) is 1. The van der Waals surface area contributed by atoms with Crippen molar-refractivity contribution in [2.45, 2.75) is 46.4 Å². The maximum atomic E-state index is 12.3. The summed E-state index contributed by atoms with van der Waals surface area (Å²) in [5.41, 5.74) is 2.01. The molecule has 0 radical (unpaired) electrons. The van der Waals surface area contributed by atoms with Crippen molar-refractivity contribution < 1.29 is 19.0 Å². The molecule has 1 amide bonds. The van der Waals surface area contributed by atoms with Crippen LogP contribution < -0.4 is 19.5 Å². The topological polar surface area (TPSA) is 56.8 Å². The number of methoxy groups -OCH3 is 1. The SMILES string of the molecule is COc1cc(CNC(=O)[C@@H](C)Oc2cccc(C)c2)ccc1OC(C)C. The molecule has 0 saturated heterocycles. The number of nitrogens with one attached hydrogen (secondary N) is 1. The Morgan fingerprint density at radius 3 is 2.46 bits per heavy atom. The molecule has 0 unspecified atom stereocenters. The van der Waals surface area contributed by atoms with Gasteiger partial charge in [0.2, 0.25) is 0 Å². The fourth-order valence-electron chi connectivity index (χ4n) is 2.45. The van der Waals surface area contributed by atoms with Crippen molar-refractivity contribution in [3.05, 3.63) is 53.6 Å². The van der Waals surface area contributed by atoms with Gasteiger partial charge in [0.05, 0.1) is 13.2 Å². The van der Waals surface area contributed by atoms with Crippen LogP contribution in [0.15, 0.2) is 42.5 Å². The highest BCUT2D eigenvalue weighted by molar-refractivity contribution is 5.80. The maximum Gasteiger partial charge on any atom is 0.261 e. The summed E-state index contributed by atoms with van der Waals surface area (Å²) < 4.78 is 16.8. The molecule has 26 heavy (non-hydrogen) atoms. The van der Waals surface area contributed by atoms with Gasteiger partial charge in [-0.1, -0.05) is 18.2 Å². The molecule has 1 atom stereocenters. The molecule has 5 nitrogen and oxygen atoms in total. The summed E-state index contributed by atoms with van der Waals surface area (Å²) in [6.45, 7) is 8.03. The average molecular weight is 357 g/mol. The lowest BCUT2D eigenvalue weighted by molar-refractivity contribution is -0.127. The van der Waals surface area contributed by atoms with Gasteiger partial charge >= 0.3 is 0 Å². The van der Waals surface area contributed by atoms with E-state index in [1.165, 1.54) is 0 Å². The Balaban J connectivity index is 1.93. The van der Waals surface area contributed by atoms with Crippen molar-refractivity contribution >= 4 is 5.91 Å². The van der Waals surface area contributed by atoms with Crippen LogP contribution in [0, 0.1) is 6.92 Å². The molecule has 140 valence electrons. The number of ether oxygens (including phenoxy) is 3. The van der Waals surface area contributed by atoms with Crippen LogP contribution in [0.5, 0.6) is 17.2 Å². The smallest absolute Gasteiger partial charge is 0.261 e. The molecule has 0 aliphatic rings. The molecule has 2 aromatic rings. The summed E-state index contributed by atoms with van der Waals surface area (Å²) in [6.07, 6.45) is -0.517. The van der Waals surface area contributed by atoms with Crippen LogP contribution >= 0.6 is 0 Å². The molecule has 0 aliphatic carbocycles. The molecule has 0 fully saturated rings. The standard InChI is InChI=1S/C21H27NO4/c1-14(2)25-19-10-9-17(12-20(19)24-5)13-22-21(23)16(4)26-18-8-6-7-15(3)11-18/h6-12,14,16H,13H2,1-5H3,(H,22,23)/t16-/m1/s1. The van der Waals surface area contributed by atoms with Crippen LogP contribution in [0.4, 0.5) is 0 Å². The lowest BCUT2D eigenvalue weighted by atomic mass is 10.2. The van der Waals surface area contributed by atoms with Gasteiger partial charge in [0.25, 0.3) is 5.91 Å². The van der Waals surface area contributed by atoms with E-state index in [-0.39, 0.29) is 12.0 Å². The normalized spacial score (nSPS) is 11.8. The van der Waals surface area contributed by atoms with Crippen molar-refractivity contribution in [1.82, 2.24) is 5.32 Å². The first kappa shape index (κ1) is 19.6. The number of aryl methyl sites for hydroxylation is 1. The predicted molar refractivity (Wildman–Crippen MR) is 102 cm³/mol. The number of carbonyl (C=O) groups is 1. The second-order valence-electron chi connectivity index (χ2n) is 6.45. The van der Waals surface area contributed by atoms with Crippen LogP contribution in [0.2, 0.25) is 0 Å². The Morgan fingerprint density at radius 1 is 1.04 bits per heavy atom. The summed E-state index contributed by atoms with van der Waals surface area (Å²) in [5, 5.41) is 2.88. The molecule has 0 bridgehead atoms. The maximum absolute atomic E-state index is 12.3. The van der Waals surface area contributed by atoms with Crippen molar-refractivity contribution in [3.63, 3.8) is 0 Å². The second-order valence-corrected chi connectivity index (χ2v) is 6.45. The van der Waals surface area contributed by atoms with Crippen molar-refractivity contribution in [2.75, 3.05) is 7.11 Å². The fourth-order valence-corrected chi connectivity index (χ4v) is 2.45. The molecule has 5 heteroatoms. The number of carbonyl (C=O) groups excluding carboxylic acids is 1. The lowest BCUT2D eigenvalue weighted by Crippen LogP contribution is -2.35. The van der Waals surface area contributed by atoms with Crippen molar-refractivity contribution in [1.29, 1.82) is 0 Å². The molecule has 0 saturated carbocycles. The Hall–Kier alpha value is -2.69. The van der Waals surface area contributed by atoms with Gasteiger partial charge in [0.15, 0.2) is 17.6 Å². The monoisotopic (exact) mass is 357 g/mol. The minimum Gasteiger partial charge on any atom is -0.493 e. The van der Waals surface area contributed by atoms with E-state index in [2.05, 4.69) is 5.32 Å². The zero-order valence-electron chi connectivity index (χ0n) is 16.0. The third-order valence-electron chi connectivity index (χ3n) is 3.73. The van der Waals surface area contributed by atoms with Gasteiger partial charge in [-0.25, -0.2) is 0 Å². The Bertz CT molecular complexity index is 743. The van der Waals surface area contributed by atoms with Crippen LogP contribution in [0.1, 0.15) is 31.9 Å². The number of hydrogen-bond acceptors (Lipinski definition) is 4. The van der Waals surface area contributed by atoms with E-state index in [9.17, 15) is 4.79 Å². The summed E-state index contributed by atoms with van der Waals surface area (Å²) in [5.74, 6) is 1.85. The van der Waals surface area contributed by atoms with Crippen LogP contribution in [0.3, 0.4) is 0 Å². The van der Waals surface area contributed by atoms with E-state index in [1.807, 2.05) is 63.2 Å². The van der Waals surface area contributed by atoms with Crippen LogP contribution in [0.25, 0.3) is 0 Å². The highest BCUT2D eigenvalue weighted by Gasteiger charge is 2.15. The van der Waals surface area contributed by atoms with Gasteiger partial charge in [-0.3, -0.25) is 4.79 Å². The van der Waals surface area contributed by atoms with E-state index in [4.69, 9.17) is 14.2 Å². The molecule has 2 aromatic carbocycles. The van der Waals surface area contributed by atoms with Crippen LogP contribution in [-0.2, 0) is 11.3 Å². The van der Waals surface area contributed by atoms with E-state index in [1.54, 1.807) is 14.0 Å². The lowest BCUT2D eigenvalue weighted by Gasteiger charge is -2.16. The minimum atomic E-state index is -0.581. The third-order valence-corrected chi connectivity index (χ3v) is 3.73. The van der Waals surface area contributed by atoms with E-state index < -0.39 is 6.10 Å². The highest BCUT2D eigenvalue weighted by atomic mass is 16.5. The predicted octanol–water partition coefficient (Wildman–Crippen LogP) is 3.87. The molecule has 0 spiro atoms. The Morgan fingerprint density at radius 2 is 1.81 bits per heavy atom. The van der Waals surface area contributed by atoms with Crippen molar-refractivity contribution in [3.8, 4) is 17.2 Å². The van der Waals surface area contributed by atoms with Crippen molar-refractivity contribution in [2.24, 2.45) is 0 Å².